The van der Waals surface area contributed by atoms with Crippen LogP contribution in [0.4, 0.5) is 4.39 Å². The first-order chi connectivity index (χ1) is 15.6. The lowest BCUT2D eigenvalue weighted by Crippen LogP contribution is -2.44. The van der Waals surface area contributed by atoms with Crippen LogP contribution in [0.5, 0.6) is 5.75 Å². The summed E-state index contributed by atoms with van der Waals surface area (Å²) in [7, 11) is 1.59. The van der Waals surface area contributed by atoms with Crippen molar-refractivity contribution in [3.8, 4) is 5.75 Å². The Morgan fingerprint density at radius 1 is 1.12 bits per heavy atom. The molecule has 2 aliphatic rings. The molecular formula is C27H33FN2O2. The molecular weight excluding hydrogens is 403 g/mol. The van der Waals surface area contributed by atoms with Gasteiger partial charge in [-0.3, -0.25) is 4.79 Å². The maximum Gasteiger partial charge on any atom is 0.229 e. The van der Waals surface area contributed by atoms with Gasteiger partial charge in [-0.25, -0.2) is 4.39 Å². The average Bonchev–Trinajstić information content (AvgIpc) is 3.15. The molecule has 2 atom stereocenters. The van der Waals surface area contributed by atoms with Crippen molar-refractivity contribution in [1.82, 2.24) is 10.2 Å². The second-order valence-electron chi connectivity index (χ2n) is 8.94. The number of ether oxygens (including phenoxy) is 1. The molecule has 0 radical (unpaired) electrons. The van der Waals surface area contributed by atoms with E-state index in [1.54, 1.807) is 13.2 Å². The van der Waals surface area contributed by atoms with Crippen LogP contribution in [-0.2, 0) is 11.2 Å². The number of methoxy groups -OCH3 is 1. The van der Waals surface area contributed by atoms with Crippen molar-refractivity contribution in [3.63, 3.8) is 0 Å². The van der Waals surface area contributed by atoms with Crippen LogP contribution >= 0.6 is 0 Å². The number of nitrogens with one attached hydrogen (secondary N) is 1. The van der Waals surface area contributed by atoms with Crippen molar-refractivity contribution >= 4 is 11.6 Å². The molecule has 1 heterocycles. The normalized spacial score (nSPS) is 21.3. The van der Waals surface area contributed by atoms with E-state index in [2.05, 4.69) is 29.3 Å². The number of amides is 1. The zero-order valence-electron chi connectivity index (χ0n) is 19.0. The molecule has 0 bridgehead atoms. The molecule has 1 saturated carbocycles. The van der Waals surface area contributed by atoms with E-state index in [4.69, 9.17) is 4.74 Å². The fourth-order valence-electron chi connectivity index (χ4n) is 5.00. The molecule has 4 nitrogen and oxygen atoms in total. The number of nitrogens with zero attached hydrogens (tertiary/aromatic N) is 1. The number of carbonyl (C=O) groups excluding carboxylic acids is 1. The SMILES string of the molecule is COc1ccc(F)cc1C1=CC(C(=O)NC2CCCCC2)C(C)N1CCc1ccccc1. The van der Waals surface area contributed by atoms with Gasteiger partial charge >= 0.3 is 0 Å². The molecule has 5 heteroatoms. The molecule has 1 aliphatic carbocycles. The van der Waals surface area contributed by atoms with Gasteiger partial charge in [0, 0.05) is 29.9 Å². The fourth-order valence-corrected chi connectivity index (χ4v) is 5.00. The van der Waals surface area contributed by atoms with E-state index in [-0.39, 0.29) is 29.7 Å². The van der Waals surface area contributed by atoms with E-state index in [0.29, 0.717) is 11.3 Å². The zero-order chi connectivity index (χ0) is 22.5. The quantitative estimate of drug-likeness (QED) is 0.650. The molecule has 170 valence electrons. The molecule has 0 aromatic heterocycles. The van der Waals surface area contributed by atoms with Crippen molar-refractivity contribution < 1.29 is 13.9 Å². The molecule has 2 unspecified atom stereocenters. The largest absolute Gasteiger partial charge is 0.496 e. The van der Waals surface area contributed by atoms with E-state index in [1.165, 1.54) is 37.0 Å². The lowest BCUT2D eigenvalue weighted by molar-refractivity contribution is -0.125. The van der Waals surface area contributed by atoms with Crippen LogP contribution in [-0.4, -0.2) is 36.5 Å². The van der Waals surface area contributed by atoms with Crippen LogP contribution in [0.2, 0.25) is 0 Å². The van der Waals surface area contributed by atoms with Crippen LogP contribution in [0.15, 0.2) is 54.6 Å². The number of carbonyl (C=O) groups is 1. The highest BCUT2D eigenvalue weighted by molar-refractivity contribution is 5.86. The summed E-state index contributed by atoms with van der Waals surface area (Å²) in [6.07, 6.45) is 8.56. The van der Waals surface area contributed by atoms with Gasteiger partial charge in [0.05, 0.1) is 13.0 Å². The van der Waals surface area contributed by atoms with Crippen molar-refractivity contribution in [2.45, 2.75) is 57.5 Å². The molecule has 1 aliphatic heterocycles. The minimum atomic E-state index is -0.313. The Bertz CT molecular complexity index is 953. The molecule has 2 aromatic rings. The number of hydrogen-bond acceptors (Lipinski definition) is 3. The minimum absolute atomic E-state index is 0.0229. The molecule has 1 fully saturated rings. The predicted molar refractivity (Wildman–Crippen MR) is 126 cm³/mol. The maximum absolute atomic E-state index is 14.2. The van der Waals surface area contributed by atoms with Crippen LogP contribution < -0.4 is 10.1 Å². The van der Waals surface area contributed by atoms with E-state index in [9.17, 15) is 9.18 Å². The van der Waals surface area contributed by atoms with Gasteiger partial charge in [-0.1, -0.05) is 49.6 Å². The van der Waals surface area contributed by atoms with E-state index in [1.807, 2.05) is 24.3 Å². The molecule has 0 saturated heterocycles. The second-order valence-corrected chi connectivity index (χ2v) is 8.94. The third-order valence-corrected chi connectivity index (χ3v) is 6.83. The third kappa shape index (κ3) is 4.98. The van der Waals surface area contributed by atoms with Gasteiger partial charge in [0.2, 0.25) is 5.91 Å². The first-order valence-electron chi connectivity index (χ1n) is 11.7. The van der Waals surface area contributed by atoms with Gasteiger partial charge in [-0.05, 0) is 56.0 Å². The second kappa shape index (κ2) is 10.2. The number of benzene rings is 2. The summed E-state index contributed by atoms with van der Waals surface area (Å²) < 4.78 is 19.7. The smallest absolute Gasteiger partial charge is 0.229 e. The first-order valence-corrected chi connectivity index (χ1v) is 11.7. The summed E-state index contributed by atoms with van der Waals surface area (Å²) in [4.78, 5) is 15.5. The molecule has 0 spiro atoms. The molecule has 2 aromatic carbocycles. The maximum atomic E-state index is 14.2. The van der Waals surface area contributed by atoms with Gasteiger partial charge in [0.15, 0.2) is 0 Å². The lowest BCUT2D eigenvalue weighted by atomic mass is 9.94. The average molecular weight is 437 g/mol. The summed E-state index contributed by atoms with van der Waals surface area (Å²) in [5.41, 5.74) is 2.80. The Balaban J connectivity index is 1.60. The van der Waals surface area contributed by atoms with Crippen LogP contribution in [0.1, 0.15) is 50.2 Å². The summed E-state index contributed by atoms with van der Waals surface area (Å²) in [5.74, 6) is 0.0884. The Kier molecular flexibility index (Phi) is 7.13. The van der Waals surface area contributed by atoms with Crippen LogP contribution in [0.25, 0.3) is 5.70 Å². The Hall–Kier alpha value is -2.82. The summed E-state index contributed by atoms with van der Waals surface area (Å²) in [6.45, 7) is 2.83. The Labute approximate surface area is 190 Å². The van der Waals surface area contributed by atoms with Crippen molar-refractivity contribution in [1.29, 1.82) is 0 Å². The fraction of sp³-hybridized carbons (Fsp3) is 0.444. The van der Waals surface area contributed by atoms with Gasteiger partial charge in [0.25, 0.3) is 0 Å². The highest BCUT2D eigenvalue weighted by Gasteiger charge is 2.37. The number of halogens is 1. The highest BCUT2D eigenvalue weighted by Crippen LogP contribution is 2.38. The van der Waals surface area contributed by atoms with E-state index >= 15 is 0 Å². The zero-order valence-corrected chi connectivity index (χ0v) is 19.0. The van der Waals surface area contributed by atoms with E-state index in [0.717, 1.165) is 31.5 Å². The van der Waals surface area contributed by atoms with E-state index < -0.39 is 0 Å². The summed E-state index contributed by atoms with van der Waals surface area (Å²) >= 11 is 0. The predicted octanol–water partition coefficient (Wildman–Crippen LogP) is 5.19. The summed E-state index contributed by atoms with van der Waals surface area (Å²) in [5, 5.41) is 3.28. The van der Waals surface area contributed by atoms with Gasteiger partial charge in [-0.2, -0.15) is 0 Å². The highest BCUT2D eigenvalue weighted by atomic mass is 19.1. The van der Waals surface area contributed by atoms with Crippen LogP contribution in [0, 0.1) is 11.7 Å². The van der Waals surface area contributed by atoms with Crippen molar-refractivity contribution in [2.24, 2.45) is 5.92 Å². The number of hydrogen-bond donors (Lipinski definition) is 1. The first kappa shape index (κ1) is 22.4. The Morgan fingerprint density at radius 2 is 1.88 bits per heavy atom. The minimum Gasteiger partial charge on any atom is -0.496 e. The molecule has 1 N–H and O–H groups in total. The number of rotatable bonds is 7. The van der Waals surface area contributed by atoms with Crippen LogP contribution in [0.3, 0.4) is 0 Å². The monoisotopic (exact) mass is 436 g/mol. The molecule has 4 rings (SSSR count). The standard InChI is InChI=1S/C27H33FN2O2/c1-19-23(27(31)29-22-11-7-4-8-12-22)18-25(24-17-21(28)13-14-26(24)32-2)30(19)16-15-20-9-5-3-6-10-20/h3,5-6,9-10,13-14,17-19,22-23H,4,7-8,11-12,15-16H2,1-2H3,(H,29,31). The Morgan fingerprint density at radius 3 is 2.59 bits per heavy atom. The van der Waals surface area contributed by atoms with Gasteiger partial charge < -0.3 is 15.0 Å². The molecule has 1 amide bonds. The van der Waals surface area contributed by atoms with Gasteiger partial charge in [-0.15, -0.1) is 0 Å². The van der Waals surface area contributed by atoms with Crippen molar-refractivity contribution in [2.75, 3.05) is 13.7 Å². The molecule has 32 heavy (non-hydrogen) atoms. The van der Waals surface area contributed by atoms with Crippen molar-refractivity contribution in [3.05, 3.63) is 71.6 Å². The third-order valence-electron chi connectivity index (χ3n) is 6.83. The topological polar surface area (TPSA) is 41.6 Å². The summed E-state index contributed by atoms with van der Waals surface area (Å²) in [6, 6.07) is 15.1. The van der Waals surface area contributed by atoms with Gasteiger partial charge in [0.1, 0.15) is 11.6 Å². The lowest BCUT2D eigenvalue weighted by Gasteiger charge is -2.31.